The van der Waals surface area contributed by atoms with Gasteiger partial charge in [-0.25, -0.2) is 4.39 Å². The van der Waals surface area contributed by atoms with E-state index >= 15 is 0 Å². The smallest absolute Gasteiger partial charge is 0.128 e. The molecule has 1 atom stereocenters. The van der Waals surface area contributed by atoms with Gasteiger partial charge < -0.3 is 5.73 Å². The number of halogens is 2. The minimum atomic E-state index is -0.250. The van der Waals surface area contributed by atoms with E-state index in [0.29, 0.717) is 23.0 Å². The van der Waals surface area contributed by atoms with Crippen LogP contribution in [0.25, 0.3) is 0 Å². The van der Waals surface area contributed by atoms with E-state index in [-0.39, 0.29) is 11.9 Å². The summed E-state index contributed by atoms with van der Waals surface area (Å²) in [4.78, 5) is 2.07. The van der Waals surface area contributed by atoms with Crippen LogP contribution in [0.3, 0.4) is 0 Å². The molecule has 0 saturated carbocycles. The molecule has 0 fully saturated rings. The molecule has 1 aromatic carbocycles. The molecule has 0 aliphatic carbocycles. The maximum Gasteiger partial charge on any atom is 0.128 e. The van der Waals surface area contributed by atoms with Gasteiger partial charge in [0.1, 0.15) is 5.82 Å². The third-order valence-electron chi connectivity index (χ3n) is 2.73. The molecule has 0 saturated heterocycles. The van der Waals surface area contributed by atoms with Crippen LogP contribution in [0.4, 0.5) is 4.39 Å². The van der Waals surface area contributed by atoms with Crippen molar-refractivity contribution in [3.05, 3.63) is 34.6 Å². The second-order valence-electron chi connectivity index (χ2n) is 4.75. The first-order chi connectivity index (χ1) is 7.95. The maximum absolute atomic E-state index is 13.8. The first kappa shape index (κ1) is 14.4. The Bertz CT molecular complexity index is 368. The summed E-state index contributed by atoms with van der Waals surface area (Å²) in [7, 11) is 1.96. The molecule has 1 aromatic rings. The van der Waals surface area contributed by atoms with Crippen molar-refractivity contribution in [1.82, 2.24) is 4.90 Å². The SMILES string of the molecule is CC(C)CN(C)C(CN)c1cc(Cl)ccc1F. The Morgan fingerprint density at radius 2 is 2.06 bits per heavy atom. The molecule has 1 unspecified atom stereocenters. The Morgan fingerprint density at radius 3 is 2.59 bits per heavy atom. The maximum atomic E-state index is 13.8. The van der Waals surface area contributed by atoms with E-state index in [2.05, 4.69) is 18.7 Å². The van der Waals surface area contributed by atoms with Crippen molar-refractivity contribution in [3.8, 4) is 0 Å². The van der Waals surface area contributed by atoms with Crippen LogP contribution in [0, 0.1) is 11.7 Å². The Morgan fingerprint density at radius 1 is 1.41 bits per heavy atom. The Hall–Kier alpha value is -0.640. The molecule has 1 rings (SSSR count). The minimum absolute atomic E-state index is 0.129. The number of nitrogens with zero attached hydrogens (tertiary/aromatic N) is 1. The highest BCUT2D eigenvalue weighted by Crippen LogP contribution is 2.25. The third kappa shape index (κ3) is 3.95. The first-order valence-corrected chi connectivity index (χ1v) is 6.18. The summed E-state index contributed by atoms with van der Waals surface area (Å²) < 4.78 is 13.8. The predicted octanol–water partition coefficient (Wildman–Crippen LogP) is 3.07. The number of hydrogen-bond acceptors (Lipinski definition) is 2. The molecule has 17 heavy (non-hydrogen) atoms. The van der Waals surface area contributed by atoms with Crippen LogP contribution in [0.2, 0.25) is 5.02 Å². The minimum Gasteiger partial charge on any atom is -0.329 e. The lowest BCUT2D eigenvalue weighted by Gasteiger charge is -2.29. The number of benzene rings is 1. The summed E-state index contributed by atoms with van der Waals surface area (Å²) in [6.45, 7) is 5.49. The Kier molecular flexibility index (Phi) is 5.37. The van der Waals surface area contributed by atoms with Gasteiger partial charge in [-0.15, -0.1) is 0 Å². The summed E-state index contributed by atoms with van der Waals surface area (Å²) in [6.07, 6.45) is 0. The number of likely N-dealkylation sites (N-methyl/N-ethyl adjacent to an activating group) is 1. The molecular weight excluding hydrogens is 239 g/mol. The number of nitrogens with two attached hydrogens (primary N) is 1. The zero-order valence-electron chi connectivity index (χ0n) is 10.6. The van der Waals surface area contributed by atoms with Gasteiger partial charge in [0.2, 0.25) is 0 Å². The van der Waals surface area contributed by atoms with Crippen LogP contribution in [0.15, 0.2) is 18.2 Å². The van der Waals surface area contributed by atoms with Gasteiger partial charge in [0, 0.05) is 29.7 Å². The molecule has 0 aromatic heterocycles. The van der Waals surface area contributed by atoms with Crippen LogP contribution in [0.5, 0.6) is 0 Å². The summed E-state index contributed by atoms with van der Waals surface area (Å²) >= 11 is 5.90. The van der Waals surface area contributed by atoms with Crippen molar-refractivity contribution in [2.24, 2.45) is 11.7 Å². The van der Waals surface area contributed by atoms with E-state index in [9.17, 15) is 4.39 Å². The fourth-order valence-corrected chi connectivity index (χ4v) is 2.20. The van der Waals surface area contributed by atoms with Crippen molar-refractivity contribution >= 4 is 11.6 Å². The van der Waals surface area contributed by atoms with Crippen LogP contribution in [-0.2, 0) is 0 Å². The molecule has 0 aliphatic rings. The lowest BCUT2D eigenvalue weighted by Crippen LogP contribution is -2.33. The van der Waals surface area contributed by atoms with E-state index in [1.807, 2.05) is 7.05 Å². The topological polar surface area (TPSA) is 29.3 Å². The van der Waals surface area contributed by atoms with Gasteiger partial charge in [-0.3, -0.25) is 4.90 Å². The fraction of sp³-hybridized carbons (Fsp3) is 0.538. The highest BCUT2D eigenvalue weighted by molar-refractivity contribution is 6.30. The molecule has 0 radical (unpaired) electrons. The molecule has 2 nitrogen and oxygen atoms in total. The zero-order chi connectivity index (χ0) is 13.0. The Balaban J connectivity index is 2.96. The average Bonchev–Trinajstić information content (AvgIpc) is 2.23. The summed E-state index contributed by atoms with van der Waals surface area (Å²) in [6, 6.07) is 4.47. The average molecular weight is 259 g/mol. The quantitative estimate of drug-likeness (QED) is 0.880. The van der Waals surface area contributed by atoms with Crippen LogP contribution < -0.4 is 5.73 Å². The highest BCUT2D eigenvalue weighted by Gasteiger charge is 2.19. The molecular formula is C13H20ClFN2. The second kappa shape index (κ2) is 6.34. The van der Waals surface area contributed by atoms with Crippen molar-refractivity contribution in [2.45, 2.75) is 19.9 Å². The van der Waals surface area contributed by atoms with Crippen molar-refractivity contribution in [1.29, 1.82) is 0 Å². The lowest BCUT2D eigenvalue weighted by atomic mass is 10.0. The van der Waals surface area contributed by atoms with Gasteiger partial charge in [-0.2, -0.15) is 0 Å². The van der Waals surface area contributed by atoms with Crippen LogP contribution in [0.1, 0.15) is 25.5 Å². The van der Waals surface area contributed by atoms with Crippen molar-refractivity contribution in [3.63, 3.8) is 0 Å². The third-order valence-corrected chi connectivity index (χ3v) is 2.96. The predicted molar refractivity (Wildman–Crippen MR) is 70.7 cm³/mol. The summed E-state index contributed by atoms with van der Waals surface area (Å²) in [5, 5.41) is 0.540. The van der Waals surface area contributed by atoms with Gasteiger partial charge in [-0.1, -0.05) is 25.4 Å². The lowest BCUT2D eigenvalue weighted by molar-refractivity contribution is 0.219. The van der Waals surface area contributed by atoms with Gasteiger partial charge in [-0.05, 0) is 31.2 Å². The largest absolute Gasteiger partial charge is 0.329 e. The first-order valence-electron chi connectivity index (χ1n) is 5.81. The molecule has 0 spiro atoms. The molecule has 0 heterocycles. The van der Waals surface area contributed by atoms with Crippen LogP contribution in [-0.4, -0.2) is 25.0 Å². The van der Waals surface area contributed by atoms with Gasteiger partial charge in [0.15, 0.2) is 0 Å². The summed E-state index contributed by atoms with van der Waals surface area (Å²) in [5.41, 5.74) is 6.32. The summed E-state index contributed by atoms with van der Waals surface area (Å²) in [5.74, 6) is 0.261. The fourth-order valence-electron chi connectivity index (χ4n) is 2.02. The monoisotopic (exact) mass is 258 g/mol. The van der Waals surface area contributed by atoms with E-state index in [1.165, 1.54) is 6.07 Å². The molecule has 2 N–H and O–H groups in total. The van der Waals surface area contributed by atoms with E-state index in [0.717, 1.165) is 6.54 Å². The molecule has 0 bridgehead atoms. The Labute approximate surface area is 108 Å². The molecule has 4 heteroatoms. The van der Waals surface area contributed by atoms with Gasteiger partial charge >= 0.3 is 0 Å². The number of hydrogen-bond donors (Lipinski definition) is 1. The van der Waals surface area contributed by atoms with E-state index in [4.69, 9.17) is 17.3 Å². The van der Waals surface area contributed by atoms with E-state index < -0.39 is 0 Å². The van der Waals surface area contributed by atoms with Crippen molar-refractivity contribution < 1.29 is 4.39 Å². The standard InChI is InChI=1S/C13H20ClFN2/c1-9(2)8-17(3)13(7-16)11-6-10(14)4-5-12(11)15/h4-6,9,13H,7-8,16H2,1-3H3. The molecule has 96 valence electrons. The second-order valence-corrected chi connectivity index (χ2v) is 5.19. The zero-order valence-corrected chi connectivity index (χ0v) is 11.3. The van der Waals surface area contributed by atoms with Crippen molar-refractivity contribution in [2.75, 3.05) is 20.1 Å². The molecule has 0 amide bonds. The normalized spacial score (nSPS) is 13.4. The number of rotatable bonds is 5. The van der Waals surface area contributed by atoms with Crippen LogP contribution >= 0.6 is 11.6 Å². The van der Waals surface area contributed by atoms with E-state index in [1.54, 1.807) is 12.1 Å². The van der Waals surface area contributed by atoms with Gasteiger partial charge in [0.25, 0.3) is 0 Å². The van der Waals surface area contributed by atoms with Gasteiger partial charge in [0.05, 0.1) is 0 Å². The highest BCUT2D eigenvalue weighted by atomic mass is 35.5. The molecule has 0 aliphatic heterocycles.